The van der Waals surface area contributed by atoms with Crippen molar-refractivity contribution < 1.29 is 32.2 Å². The minimum atomic E-state index is -4.52. The summed E-state index contributed by atoms with van der Waals surface area (Å²) in [4.78, 5) is 32.2. The van der Waals surface area contributed by atoms with Crippen LogP contribution >= 0.6 is 0 Å². The molecule has 2 amide bonds. The summed E-state index contributed by atoms with van der Waals surface area (Å²) in [5, 5.41) is 5.74. The highest BCUT2D eigenvalue weighted by atomic mass is 19.4. The molecule has 37 heavy (non-hydrogen) atoms. The molecule has 196 valence electrons. The van der Waals surface area contributed by atoms with Gasteiger partial charge in [-0.1, -0.05) is 6.07 Å². The number of morpholine rings is 1. The first kappa shape index (κ1) is 25.2. The zero-order valence-corrected chi connectivity index (χ0v) is 20.4. The van der Waals surface area contributed by atoms with Gasteiger partial charge in [0.15, 0.2) is 5.72 Å². The molecule has 0 aromatic heterocycles. The number of halogens is 3. The van der Waals surface area contributed by atoms with E-state index in [-0.39, 0.29) is 24.1 Å². The molecule has 2 aromatic rings. The fourth-order valence-corrected chi connectivity index (χ4v) is 4.84. The molecule has 2 aromatic carbocycles. The highest BCUT2D eigenvalue weighted by Crippen LogP contribution is 2.37. The van der Waals surface area contributed by atoms with Crippen LogP contribution in [0.1, 0.15) is 37.0 Å². The van der Waals surface area contributed by atoms with E-state index in [1.807, 2.05) is 6.07 Å². The number of nitrogens with one attached hydrogen (secondary N) is 2. The minimum Gasteiger partial charge on any atom is -0.466 e. The Labute approximate surface area is 211 Å². The molecule has 5 rings (SSSR count). The van der Waals surface area contributed by atoms with Gasteiger partial charge in [0.25, 0.3) is 0 Å². The predicted octanol–water partition coefficient (Wildman–Crippen LogP) is 3.85. The van der Waals surface area contributed by atoms with Crippen LogP contribution in [0.15, 0.2) is 41.4 Å². The van der Waals surface area contributed by atoms with Crippen molar-refractivity contribution in [1.29, 1.82) is 0 Å². The van der Waals surface area contributed by atoms with Crippen LogP contribution in [-0.2, 0) is 26.9 Å². The normalized spacial score (nSPS) is 21.2. The molecule has 3 heterocycles. The van der Waals surface area contributed by atoms with Crippen molar-refractivity contribution in [3.05, 3.63) is 53.1 Å². The number of nitrogens with zero attached hydrogens (tertiary/aromatic N) is 2. The first-order valence-electron chi connectivity index (χ1n) is 12.0. The molecule has 0 saturated carbocycles. The third-order valence-electron chi connectivity index (χ3n) is 6.57. The van der Waals surface area contributed by atoms with E-state index in [1.54, 1.807) is 26.0 Å². The van der Waals surface area contributed by atoms with Crippen molar-refractivity contribution in [2.45, 2.75) is 44.6 Å². The zero-order valence-electron chi connectivity index (χ0n) is 20.4. The van der Waals surface area contributed by atoms with Crippen molar-refractivity contribution in [2.24, 2.45) is 4.99 Å². The highest BCUT2D eigenvalue weighted by molar-refractivity contribution is 6.15. The van der Waals surface area contributed by atoms with Gasteiger partial charge in [0.2, 0.25) is 11.8 Å². The Bertz CT molecular complexity index is 1270. The topological polar surface area (TPSA) is 92.3 Å². The Hall–Kier alpha value is -3.44. The summed E-state index contributed by atoms with van der Waals surface area (Å²) < 4.78 is 50.5. The van der Waals surface area contributed by atoms with E-state index in [1.165, 1.54) is 6.07 Å². The van der Waals surface area contributed by atoms with Gasteiger partial charge in [-0.15, -0.1) is 0 Å². The highest BCUT2D eigenvalue weighted by Gasteiger charge is 2.35. The number of aliphatic imine (C=N–C) groups is 1. The first-order valence-corrected chi connectivity index (χ1v) is 12.0. The largest absolute Gasteiger partial charge is 0.466 e. The second kappa shape index (κ2) is 9.46. The average molecular weight is 517 g/mol. The Morgan fingerprint density at radius 1 is 1.19 bits per heavy atom. The number of anilines is 2. The first-order chi connectivity index (χ1) is 17.5. The van der Waals surface area contributed by atoms with Crippen LogP contribution in [0.25, 0.3) is 0 Å². The molecule has 1 saturated heterocycles. The van der Waals surface area contributed by atoms with E-state index in [9.17, 15) is 22.8 Å². The van der Waals surface area contributed by atoms with E-state index < -0.39 is 23.4 Å². The number of alkyl halides is 3. The molecule has 8 nitrogen and oxygen atoms in total. The number of carbonyl (C=O) groups is 2. The maximum absolute atomic E-state index is 13.2. The number of amides is 2. The molecule has 1 fully saturated rings. The third kappa shape index (κ3) is 5.47. The number of hydrogen-bond donors (Lipinski definition) is 2. The molecule has 0 bridgehead atoms. The molecule has 0 spiro atoms. The third-order valence-corrected chi connectivity index (χ3v) is 6.57. The van der Waals surface area contributed by atoms with Crippen LogP contribution in [0.5, 0.6) is 5.75 Å². The molecule has 0 radical (unpaired) electrons. The van der Waals surface area contributed by atoms with Gasteiger partial charge in [-0.2, -0.15) is 13.2 Å². The van der Waals surface area contributed by atoms with E-state index >= 15 is 0 Å². The van der Waals surface area contributed by atoms with Gasteiger partial charge < -0.3 is 20.1 Å². The number of fused-ring (bicyclic) bond motifs is 2. The van der Waals surface area contributed by atoms with Crippen LogP contribution in [-0.4, -0.2) is 60.5 Å². The van der Waals surface area contributed by atoms with Crippen molar-refractivity contribution >= 4 is 28.9 Å². The predicted molar refractivity (Wildman–Crippen MR) is 131 cm³/mol. The summed E-state index contributed by atoms with van der Waals surface area (Å²) in [7, 11) is 0. The van der Waals surface area contributed by atoms with Gasteiger partial charge in [0.1, 0.15) is 5.75 Å². The van der Waals surface area contributed by atoms with Gasteiger partial charge >= 0.3 is 6.18 Å². The lowest BCUT2D eigenvalue weighted by molar-refractivity contribution is -0.137. The second-order valence-corrected chi connectivity index (χ2v) is 9.77. The Balaban J connectivity index is 1.29. The molecule has 11 heteroatoms. The molecule has 1 atom stereocenters. The lowest BCUT2D eigenvalue weighted by Gasteiger charge is -2.36. The van der Waals surface area contributed by atoms with Crippen LogP contribution in [0, 0.1) is 0 Å². The number of benzene rings is 2. The monoisotopic (exact) mass is 516 g/mol. The Morgan fingerprint density at radius 2 is 1.95 bits per heavy atom. The summed E-state index contributed by atoms with van der Waals surface area (Å²) in [5.41, 5.74) is 0.820. The van der Waals surface area contributed by atoms with Crippen molar-refractivity contribution in [1.82, 2.24) is 4.90 Å². The van der Waals surface area contributed by atoms with Crippen LogP contribution in [0.4, 0.5) is 24.5 Å². The Kier molecular flexibility index (Phi) is 6.45. The van der Waals surface area contributed by atoms with E-state index in [4.69, 9.17) is 9.47 Å². The van der Waals surface area contributed by atoms with Crippen molar-refractivity contribution in [3.8, 4) is 5.75 Å². The maximum Gasteiger partial charge on any atom is 0.416 e. The van der Waals surface area contributed by atoms with E-state index in [2.05, 4.69) is 20.5 Å². The van der Waals surface area contributed by atoms with E-state index in [0.717, 1.165) is 17.7 Å². The Morgan fingerprint density at radius 3 is 2.68 bits per heavy atom. The van der Waals surface area contributed by atoms with Gasteiger partial charge in [-0.05, 0) is 56.2 Å². The quantitative estimate of drug-likeness (QED) is 0.644. The smallest absolute Gasteiger partial charge is 0.416 e. The van der Waals surface area contributed by atoms with Gasteiger partial charge in [0, 0.05) is 30.0 Å². The second-order valence-electron chi connectivity index (χ2n) is 9.77. The minimum absolute atomic E-state index is 0.0314. The summed E-state index contributed by atoms with van der Waals surface area (Å²) in [6.07, 6.45) is -4.11. The van der Waals surface area contributed by atoms with Crippen LogP contribution < -0.4 is 15.4 Å². The van der Waals surface area contributed by atoms with E-state index in [0.29, 0.717) is 55.4 Å². The van der Waals surface area contributed by atoms with Crippen molar-refractivity contribution in [2.75, 3.05) is 36.9 Å². The SMILES string of the molecule is CC1(C)N=C(CC(=O)Nc2ccc3c(c2)NC(=O)C(N2CCOCC2)C3)c2ccc(C(F)(F)F)cc2O1. The maximum atomic E-state index is 13.2. The van der Waals surface area contributed by atoms with Crippen LogP contribution in [0.3, 0.4) is 0 Å². The standard InChI is InChI=1S/C26H27F3N4O4/c1-25(2)32-20(18-6-4-16(26(27,28)29)12-22(18)37-25)14-23(34)30-17-5-3-15-11-21(24(35)31-19(15)13-17)33-7-9-36-10-8-33/h3-6,12-13,21H,7-11,14H2,1-2H3,(H,30,34)(H,31,35). The summed E-state index contributed by atoms with van der Waals surface area (Å²) in [5.74, 6) is -0.453. The summed E-state index contributed by atoms with van der Waals surface area (Å²) >= 11 is 0. The lowest BCUT2D eigenvalue weighted by Crippen LogP contribution is -2.52. The number of ether oxygens (including phenoxy) is 2. The molecule has 3 aliphatic heterocycles. The number of rotatable bonds is 4. The van der Waals surface area contributed by atoms with Gasteiger partial charge in [0.05, 0.1) is 37.0 Å². The fraction of sp³-hybridized carbons (Fsp3) is 0.423. The van der Waals surface area contributed by atoms with Gasteiger partial charge in [-0.25, -0.2) is 4.99 Å². The fourth-order valence-electron chi connectivity index (χ4n) is 4.84. The molecule has 2 N–H and O–H groups in total. The lowest BCUT2D eigenvalue weighted by atomic mass is 9.97. The van der Waals surface area contributed by atoms with Crippen LogP contribution in [0.2, 0.25) is 0 Å². The molecular weight excluding hydrogens is 489 g/mol. The number of carbonyl (C=O) groups excluding carboxylic acids is 2. The zero-order chi connectivity index (χ0) is 26.4. The molecular formula is C26H27F3N4O4. The average Bonchev–Trinajstić information content (AvgIpc) is 2.82. The molecule has 0 aliphatic carbocycles. The summed E-state index contributed by atoms with van der Waals surface area (Å²) in [6, 6.07) is 8.25. The van der Waals surface area contributed by atoms with Gasteiger partial charge in [-0.3, -0.25) is 14.5 Å². The molecule has 1 unspecified atom stereocenters. The van der Waals surface area contributed by atoms with Crippen molar-refractivity contribution in [3.63, 3.8) is 0 Å². The summed E-state index contributed by atoms with van der Waals surface area (Å²) in [6.45, 7) is 5.84. The molecule has 3 aliphatic rings. The number of hydrogen-bond acceptors (Lipinski definition) is 6.